The van der Waals surface area contributed by atoms with E-state index in [9.17, 15) is 4.79 Å². The molecule has 134 valence electrons. The van der Waals surface area contributed by atoms with Gasteiger partial charge in [0.2, 0.25) is 0 Å². The SMILES string of the molecule is CN(C)C(=O)N1Cc2nnn(C)c2C(COCCN2CCCC2)C1. The number of carbonyl (C=O) groups excluding carboxylic acids is 1. The van der Waals surface area contributed by atoms with Crippen LogP contribution in [0.4, 0.5) is 4.79 Å². The Bertz CT molecular complexity index is 567. The molecule has 0 aromatic carbocycles. The Morgan fingerprint density at radius 3 is 2.79 bits per heavy atom. The van der Waals surface area contributed by atoms with E-state index < -0.39 is 0 Å². The second-order valence-corrected chi connectivity index (χ2v) is 6.92. The zero-order valence-electron chi connectivity index (χ0n) is 14.9. The molecule has 2 aliphatic rings. The number of hydrogen-bond donors (Lipinski definition) is 0. The van der Waals surface area contributed by atoms with Crippen LogP contribution in [0.25, 0.3) is 0 Å². The number of aromatic nitrogens is 3. The van der Waals surface area contributed by atoms with Gasteiger partial charge in [0.25, 0.3) is 0 Å². The summed E-state index contributed by atoms with van der Waals surface area (Å²) in [6, 6.07) is 0.00775. The first-order valence-corrected chi connectivity index (χ1v) is 8.71. The first-order valence-electron chi connectivity index (χ1n) is 8.71. The van der Waals surface area contributed by atoms with Crippen molar-refractivity contribution in [1.82, 2.24) is 29.7 Å². The highest BCUT2D eigenvalue weighted by atomic mass is 16.5. The molecule has 8 heteroatoms. The van der Waals surface area contributed by atoms with Crippen molar-refractivity contribution < 1.29 is 9.53 Å². The summed E-state index contributed by atoms with van der Waals surface area (Å²) in [5.41, 5.74) is 1.98. The van der Waals surface area contributed by atoms with Gasteiger partial charge in [-0.05, 0) is 25.9 Å². The molecular formula is C16H28N6O2. The minimum absolute atomic E-state index is 0.00775. The summed E-state index contributed by atoms with van der Waals surface area (Å²) in [5, 5.41) is 8.36. The lowest BCUT2D eigenvalue weighted by Gasteiger charge is -2.33. The number of nitrogens with zero attached hydrogens (tertiary/aromatic N) is 6. The number of likely N-dealkylation sites (tertiary alicyclic amines) is 1. The Balaban J connectivity index is 1.59. The molecule has 3 heterocycles. The number of fused-ring (bicyclic) bond motifs is 1. The van der Waals surface area contributed by atoms with Gasteiger partial charge in [-0.25, -0.2) is 4.79 Å². The molecule has 2 aliphatic heterocycles. The minimum atomic E-state index is 0.00775. The van der Waals surface area contributed by atoms with Gasteiger partial charge in [-0.15, -0.1) is 5.10 Å². The highest BCUT2D eigenvalue weighted by Crippen LogP contribution is 2.27. The van der Waals surface area contributed by atoms with E-state index in [2.05, 4.69) is 15.2 Å². The maximum Gasteiger partial charge on any atom is 0.319 e. The summed E-state index contributed by atoms with van der Waals surface area (Å²) < 4.78 is 7.76. The summed E-state index contributed by atoms with van der Waals surface area (Å²) >= 11 is 0. The van der Waals surface area contributed by atoms with E-state index in [0.717, 1.165) is 24.5 Å². The third-order valence-corrected chi connectivity index (χ3v) is 4.83. The molecule has 0 bridgehead atoms. The van der Waals surface area contributed by atoms with Crippen LogP contribution < -0.4 is 0 Å². The van der Waals surface area contributed by atoms with Crippen molar-refractivity contribution in [2.45, 2.75) is 25.3 Å². The van der Waals surface area contributed by atoms with E-state index in [1.807, 2.05) is 16.6 Å². The Labute approximate surface area is 143 Å². The fourth-order valence-corrected chi connectivity index (χ4v) is 3.60. The molecule has 0 N–H and O–H groups in total. The van der Waals surface area contributed by atoms with Crippen LogP contribution in [-0.4, -0.2) is 89.2 Å². The van der Waals surface area contributed by atoms with Crippen molar-refractivity contribution in [2.75, 3.05) is 53.5 Å². The molecule has 1 unspecified atom stereocenters. The number of hydrogen-bond acceptors (Lipinski definition) is 5. The van der Waals surface area contributed by atoms with Gasteiger partial charge in [0.05, 0.1) is 25.5 Å². The summed E-state index contributed by atoms with van der Waals surface area (Å²) in [4.78, 5) is 18.2. The number of amides is 2. The van der Waals surface area contributed by atoms with Gasteiger partial charge in [-0.1, -0.05) is 5.21 Å². The largest absolute Gasteiger partial charge is 0.379 e. The van der Waals surface area contributed by atoms with Gasteiger partial charge >= 0.3 is 6.03 Å². The molecule has 0 aliphatic carbocycles. The van der Waals surface area contributed by atoms with E-state index in [1.54, 1.807) is 19.0 Å². The number of ether oxygens (including phenoxy) is 1. The number of urea groups is 1. The van der Waals surface area contributed by atoms with Crippen molar-refractivity contribution in [3.8, 4) is 0 Å². The Morgan fingerprint density at radius 2 is 2.08 bits per heavy atom. The maximum absolute atomic E-state index is 12.3. The van der Waals surface area contributed by atoms with Crippen molar-refractivity contribution >= 4 is 6.03 Å². The zero-order valence-corrected chi connectivity index (χ0v) is 14.9. The van der Waals surface area contributed by atoms with E-state index in [1.165, 1.54) is 25.9 Å². The molecule has 1 fully saturated rings. The van der Waals surface area contributed by atoms with Gasteiger partial charge in [0.15, 0.2) is 0 Å². The maximum atomic E-state index is 12.3. The lowest BCUT2D eigenvalue weighted by molar-refractivity contribution is 0.0824. The zero-order chi connectivity index (χ0) is 17.1. The molecule has 24 heavy (non-hydrogen) atoms. The molecule has 1 aromatic rings. The molecule has 1 saturated heterocycles. The second-order valence-electron chi connectivity index (χ2n) is 6.92. The predicted molar refractivity (Wildman–Crippen MR) is 89.7 cm³/mol. The molecule has 1 aromatic heterocycles. The lowest BCUT2D eigenvalue weighted by Crippen LogP contribution is -2.44. The fraction of sp³-hybridized carbons (Fsp3) is 0.812. The predicted octanol–water partition coefficient (Wildman–Crippen LogP) is 0.508. The summed E-state index contributed by atoms with van der Waals surface area (Å²) in [6.07, 6.45) is 2.60. The molecule has 2 amide bonds. The highest BCUT2D eigenvalue weighted by Gasteiger charge is 2.33. The average Bonchev–Trinajstić information content (AvgIpc) is 3.20. The number of aryl methyl sites for hydroxylation is 1. The normalized spacial score (nSPS) is 21.1. The van der Waals surface area contributed by atoms with E-state index in [4.69, 9.17) is 4.74 Å². The number of carbonyl (C=O) groups is 1. The molecule has 0 radical (unpaired) electrons. The first kappa shape index (κ1) is 17.2. The van der Waals surface area contributed by atoms with Gasteiger partial charge in [-0.2, -0.15) is 0 Å². The van der Waals surface area contributed by atoms with Crippen LogP contribution in [0.3, 0.4) is 0 Å². The van der Waals surface area contributed by atoms with E-state index >= 15 is 0 Å². The lowest BCUT2D eigenvalue weighted by atomic mass is 9.99. The van der Waals surface area contributed by atoms with Crippen molar-refractivity contribution in [2.24, 2.45) is 7.05 Å². The van der Waals surface area contributed by atoms with Crippen LogP contribution in [0, 0.1) is 0 Å². The average molecular weight is 336 g/mol. The van der Waals surface area contributed by atoms with Crippen LogP contribution in [0.1, 0.15) is 30.1 Å². The smallest absolute Gasteiger partial charge is 0.319 e. The van der Waals surface area contributed by atoms with Gasteiger partial charge in [0.1, 0.15) is 5.69 Å². The molecule has 3 rings (SSSR count). The second kappa shape index (κ2) is 7.48. The first-order chi connectivity index (χ1) is 11.6. The fourth-order valence-electron chi connectivity index (χ4n) is 3.60. The highest BCUT2D eigenvalue weighted by molar-refractivity contribution is 5.74. The van der Waals surface area contributed by atoms with Crippen LogP contribution >= 0.6 is 0 Å². The Kier molecular flexibility index (Phi) is 5.35. The third-order valence-electron chi connectivity index (χ3n) is 4.83. The summed E-state index contributed by atoms with van der Waals surface area (Å²) in [7, 11) is 5.46. The van der Waals surface area contributed by atoms with Gasteiger partial charge in [0, 0.05) is 40.2 Å². The standard InChI is InChI=1S/C16H28N6O2/c1-19(2)16(23)22-10-13(15-14(11-22)17-18-20(15)3)12-24-9-8-21-6-4-5-7-21/h13H,4-12H2,1-3H3. The van der Waals surface area contributed by atoms with Crippen LogP contribution in [0.5, 0.6) is 0 Å². The van der Waals surface area contributed by atoms with Gasteiger partial charge < -0.3 is 19.4 Å². The Morgan fingerprint density at radius 1 is 1.33 bits per heavy atom. The quantitative estimate of drug-likeness (QED) is 0.733. The van der Waals surface area contributed by atoms with Crippen molar-refractivity contribution in [1.29, 1.82) is 0 Å². The molecule has 0 saturated carbocycles. The van der Waals surface area contributed by atoms with Crippen LogP contribution in [0.2, 0.25) is 0 Å². The van der Waals surface area contributed by atoms with E-state index in [0.29, 0.717) is 19.7 Å². The minimum Gasteiger partial charge on any atom is -0.379 e. The molecular weight excluding hydrogens is 308 g/mol. The summed E-state index contributed by atoms with van der Waals surface area (Å²) in [5.74, 6) is 0.122. The van der Waals surface area contributed by atoms with Gasteiger partial charge in [-0.3, -0.25) is 4.68 Å². The monoisotopic (exact) mass is 336 g/mol. The van der Waals surface area contributed by atoms with Crippen LogP contribution in [0.15, 0.2) is 0 Å². The molecule has 1 atom stereocenters. The molecule has 0 spiro atoms. The summed E-state index contributed by atoms with van der Waals surface area (Å²) in [6.45, 7) is 5.86. The molecule has 8 nitrogen and oxygen atoms in total. The van der Waals surface area contributed by atoms with E-state index in [-0.39, 0.29) is 11.9 Å². The van der Waals surface area contributed by atoms with Crippen molar-refractivity contribution in [3.05, 3.63) is 11.4 Å². The topological polar surface area (TPSA) is 66.7 Å². The van der Waals surface area contributed by atoms with Crippen molar-refractivity contribution in [3.63, 3.8) is 0 Å². The Hall–Kier alpha value is -1.67. The number of rotatable bonds is 5. The third kappa shape index (κ3) is 3.70. The van der Waals surface area contributed by atoms with Crippen LogP contribution in [-0.2, 0) is 18.3 Å².